The highest BCUT2D eigenvalue weighted by atomic mass is 16.2. The van der Waals surface area contributed by atoms with Crippen LogP contribution in [0.3, 0.4) is 0 Å². The molecule has 0 unspecified atom stereocenters. The van der Waals surface area contributed by atoms with Crippen molar-refractivity contribution in [3.63, 3.8) is 0 Å². The first kappa shape index (κ1) is 12.2. The first-order valence-electron chi connectivity index (χ1n) is 6.93. The zero-order chi connectivity index (χ0) is 13.4. The van der Waals surface area contributed by atoms with Crippen molar-refractivity contribution >= 4 is 11.2 Å². The second kappa shape index (κ2) is 4.68. The molecule has 0 bridgehead atoms. The van der Waals surface area contributed by atoms with Crippen molar-refractivity contribution < 1.29 is 0 Å². The molecule has 102 valence electrons. The van der Waals surface area contributed by atoms with Gasteiger partial charge in [0.25, 0.3) is 5.56 Å². The van der Waals surface area contributed by atoms with E-state index in [1.54, 1.807) is 0 Å². The predicted molar refractivity (Wildman–Crippen MR) is 72.5 cm³/mol. The van der Waals surface area contributed by atoms with Crippen LogP contribution in [0.2, 0.25) is 0 Å². The minimum Gasteiger partial charge on any atom is -0.336 e. The lowest BCUT2D eigenvalue weighted by Crippen LogP contribution is -2.29. The van der Waals surface area contributed by atoms with Crippen LogP contribution in [-0.4, -0.2) is 19.5 Å². The Bertz CT molecular complexity index is 703. The quantitative estimate of drug-likeness (QED) is 0.859. The number of fused-ring (bicyclic) bond motifs is 1. The molecule has 2 aromatic rings. The van der Waals surface area contributed by atoms with E-state index in [4.69, 9.17) is 0 Å². The highest BCUT2D eigenvalue weighted by molar-refractivity contribution is 5.69. The molecule has 0 aromatic carbocycles. The van der Waals surface area contributed by atoms with E-state index >= 15 is 0 Å². The molecule has 0 spiro atoms. The topological polar surface area (TPSA) is 83.5 Å². The minimum atomic E-state index is -0.387. The van der Waals surface area contributed by atoms with Crippen molar-refractivity contribution in [1.29, 1.82) is 0 Å². The van der Waals surface area contributed by atoms with Crippen LogP contribution in [0.4, 0.5) is 0 Å². The lowest BCUT2D eigenvalue weighted by molar-refractivity contribution is 0.431. The number of nitrogens with zero attached hydrogens (tertiary/aromatic N) is 2. The van der Waals surface area contributed by atoms with Crippen LogP contribution < -0.4 is 11.2 Å². The third kappa shape index (κ3) is 2.01. The molecular weight excluding hydrogens is 244 g/mol. The normalized spacial score (nSPS) is 17.1. The highest BCUT2D eigenvalue weighted by Gasteiger charge is 2.21. The maximum atomic E-state index is 11.8. The smallest absolute Gasteiger partial charge is 0.330 e. The number of nitrogens with one attached hydrogen (secondary N) is 2. The van der Waals surface area contributed by atoms with Crippen LogP contribution in [-0.2, 0) is 6.54 Å². The Balaban J connectivity index is 2.16. The van der Waals surface area contributed by atoms with E-state index in [9.17, 15) is 9.59 Å². The summed E-state index contributed by atoms with van der Waals surface area (Å²) in [7, 11) is 0. The van der Waals surface area contributed by atoms with Crippen LogP contribution in [0, 0.1) is 0 Å². The summed E-state index contributed by atoms with van der Waals surface area (Å²) < 4.78 is 1.50. The number of H-pyrrole nitrogens is 2. The molecule has 2 aromatic heterocycles. The van der Waals surface area contributed by atoms with Crippen molar-refractivity contribution in [2.75, 3.05) is 0 Å². The molecular formula is C13H18N4O2. The Morgan fingerprint density at radius 3 is 2.63 bits per heavy atom. The van der Waals surface area contributed by atoms with Gasteiger partial charge in [0.05, 0.1) is 0 Å². The molecule has 2 N–H and O–H groups in total. The Labute approximate surface area is 109 Å². The van der Waals surface area contributed by atoms with Gasteiger partial charge >= 0.3 is 5.69 Å². The molecule has 6 heteroatoms. The van der Waals surface area contributed by atoms with Crippen molar-refractivity contribution in [2.45, 2.75) is 51.5 Å². The van der Waals surface area contributed by atoms with Gasteiger partial charge in [-0.05, 0) is 19.8 Å². The van der Waals surface area contributed by atoms with Crippen molar-refractivity contribution in [1.82, 2.24) is 19.5 Å². The summed E-state index contributed by atoms with van der Waals surface area (Å²) in [6, 6.07) is 0. The van der Waals surface area contributed by atoms with Crippen LogP contribution in [0.5, 0.6) is 0 Å². The average molecular weight is 262 g/mol. The van der Waals surface area contributed by atoms with Gasteiger partial charge in [0.1, 0.15) is 11.3 Å². The zero-order valence-corrected chi connectivity index (χ0v) is 11.0. The SMILES string of the molecule is CCn1c(=O)[nH]c(=O)c2[nH]c(C3CCCCC3)nc21. The fourth-order valence-corrected chi connectivity index (χ4v) is 2.92. The Hall–Kier alpha value is -1.85. The van der Waals surface area contributed by atoms with E-state index < -0.39 is 0 Å². The molecule has 0 saturated heterocycles. The lowest BCUT2D eigenvalue weighted by atomic mass is 9.89. The van der Waals surface area contributed by atoms with Crippen molar-refractivity contribution in [3.05, 3.63) is 26.7 Å². The third-order valence-corrected chi connectivity index (χ3v) is 3.96. The van der Waals surface area contributed by atoms with Crippen LogP contribution in [0.25, 0.3) is 11.2 Å². The third-order valence-electron chi connectivity index (χ3n) is 3.96. The fourth-order valence-electron chi connectivity index (χ4n) is 2.92. The maximum absolute atomic E-state index is 11.8. The van der Waals surface area contributed by atoms with Gasteiger partial charge in [-0.2, -0.15) is 0 Å². The van der Waals surface area contributed by atoms with Crippen molar-refractivity contribution in [3.8, 4) is 0 Å². The summed E-state index contributed by atoms with van der Waals surface area (Å²) in [6.45, 7) is 2.37. The molecule has 2 heterocycles. The lowest BCUT2D eigenvalue weighted by Gasteiger charge is -2.18. The summed E-state index contributed by atoms with van der Waals surface area (Å²) >= 11 is 0. The second-order valence-electron chi connectivity index (χ2n) is 5.16. The van der Waals surface area contributed by atoms with Gasteiger partial charge in [-0.25, -0.2) is 9.78 Å². The van der Waals surface area contributed by atoms with Crippen LogP contribution >= 0.6 is 0 Å². The van der Waals surface area contributed by atoms with E-state index in [0.29, 0.717) is 23.6 Å². The molecule has 19 heavy (non-hydrogen) atoms. The Morgan fingerprint density at radius 1 is 1.21 bits per heavy atom. The average Bonchev–Trinajstić information content (AvgIpc) is 2.85. The van der Waals surface area contributed by atoms with Gasteiger partial charge in [0, 0.05) is 12.5 Å². The van der Waals surface area contributed by atoms with Gasteiger partial charge < -0.3 is 4.98 Å². The molecule has 1 saturated carbocycles. The standard InChI is InChI=1S/C13H18N4O2/c1-2-17-11-9(12(18)16-13(17)19)14-10(15-11)8-6-4-3-5-7-8/h8H,2-7H2,1H3,(H,14,15)(H,16,18,19). The Kier molecular flexibility index (Phi) is 3.00. The molecule has 1 fully saturated rings. The molecule has 0 radical (unpaired) electrons. The van der Waals surface area contributed by atoms with E-state index in [-0.39, 0.29) is 11.2 Å². The summed E-state index contributed by atoms with van der Waals surface area (Å²) in [5.74, 6) is 1.24. The first-order chi connectivity index (χ1) is 9.20. The van der Waals surface area contributed by atoms with Gasteiger partial charge in [-0.3, -0.25) is 14.3 Å². The van der Waals surface area contributed by atoms with E-state index in [0.717, 1.165) is 18.7 Å². The number of aryl methyl sites for hydroxylation is 1. The fraction of sp³-hybridized carbons (Fsp3) is 0.615. The largest absolute Gasteiger partial charge is 0.336 e. The van der Waals surface area contributed by atoms with Gasteiger partial charge in [0.15, 0.2) is 5.65 Å². The van der Waals surface area contributed by atoms with E-state index in [2.05, 4.69) is 15.0 Å². The second-order valence-corrected chi connectivity index (χ2v) is 5.16. The van der Waals surface area contributed by atoms with Gasteiger partial charge in [0.2, 0.25) is 0 Å². The monoisotopic (exact) mass is 262 g/mol. The number of rotatable bonds is 2. The van der Waals surface area contributed by atoms with Crippen molar-refractivity contribution in [2.24, 2.45) is 0 Å². The Morgan fingerprint density at radius 2 is 1.95 bits per heavy atom. The summed E-state index contributed by atoms with van der Waals surface area (Å²) in [6.07, 6.45) is 5.90. The summed E-state index contributed by atoms with van der Waals surface area (Å²) in [5.41, 5.74) is 0.139. The van der Waals surface area contributed by atoms with Crippen LogP contribution in [0.1, 0.15) is 50.8 Å². The molecule has 1 aliphatic rings. The van der Waals surface area contributed by atoms with E-state index in [1.807, 2.05) is 6.92 Å². The number of imidazole rings is 1. The summed E-state index contributed by atoms with van der Waals surface area (Å²) in [4.78, 5) is 33.5. The number of hydrogen-bond acceptors (Lipinski definition) is 3. The number of aromatic amines is 2. The number of hydrogen-bond donors (Lipinski definition) is 2. The van der Waals surface area contributed by atoms with Crippen LogP contribution in [0.15, 0.2) is 9.59 Å². The molecule has 0 amide bonds. The number of aromatic nitrogens is 4. The molecule has 6 nitrogen and oxygen atoms in total. The molecule has 0 atom stereocenters. The van der Waals surface area contributed by atoms with Gasteiger partial charge in [-0.15, -0.1) is 0 Å². The van der Waals surface area contributed by atoms with Gasteiger partial charge in [-0.1, -0.05) is 19.3 Å². The highest BCUT2D eigenvalue weighted by Crippen LogP contribution is 2.31. The molecule has 0 aliphatic heterocycles. The van der Waals surface area contributed by atoms with E-state index in [1.165, 1.54) is 23.8 Å². The molecule has 3 rings (SSSR count). The summed E-state index contributed by atoms with van der Waals surface area (Å²) in [5, 5.41) is 0. The first-order valence-corrected chi connectivity index (χ1v) is 6.93. The minimum absolute atomic E-state index is 0.376. The zero-order valence-electron chi connectivity index (χ0n) is 11.0. The molecule has 1 aliphatic carbocycles. The predicted octanol–water partition coefficient (Wildman–Crippen LogP) is 1.48. The maximum Gasteiger partial charge on any atom is 0.330 e.